The van der Waals surface area contributed by atoms with Gasteiger partial charge in [-0.15, -0.1) is 0 Å². The smallest absolute Gasteiger partial charge is 0.218 e. The van der Waals surface area contributed by atoms with Crippen molar-refractivity contribution >= 4 is 10.0 Å². The molecule has 0 aliphatic carbocycles. The molecule has 0 unspecified atom stereocenters. The van der Waals surface area contributed by atoms with Crippen molar-refractivity contribution in [2.24, 2.45) is 0 Å². The first-order valence-corrected chi connectivity index (χ1v) is 9.38. The summed E-state index contributed by atoms with van der Waals surface area (Å²) >= 11 is 0. The van der Waals surface area contributed by atoms with Crippen LogP contribution in [0.25, 0.3) is 0 Å². The van der Waals surface area contributed by atoms with Crippen LogP contribution in [0.1, 0.15) is 30.0 Å². The molecule has 0 amide bonds. The van der Waals surface area contributed by atoms with Gasteiger partial charge in [-0.05, 0) is 36.1 Å². The Morgan fingerprint density at radius 3 is 2.43 bits per heavy atom. The maximum Gasteiger partial charge on any atom is 0.218 e. The topological polar surface area (TPSA) is 46.6 Å². The van der Waals surface area contributed by atoms with E-state index in [0.717, 1.165) is 29.7 Å². The normalized spacial score (nSPS) is 18.9. The quantitative estimate of drug-likeness (QED) is 0.844. The van der Waals surface area contributed by atoms with Crippen LogP contribution in [-0.2, 0) is 15.8 Å². The van der Waals surface area contributed by atoms with E-state index in [-0.39, 0.29) is 11.8 Å². The number of benzene rings is 2. The molecule has 0 saturated carbocycles. The van der Waals surface area contributed by atoms with Gasteiger partial charge in [-0.3, -0.25) is 0 Å². The highest BCUT2D eigenvalue weighted by molar-refractivity contribution is 7.88. The minimum Gasteiger partial charge on any atom is -0.497 e. The zero-order valence-corrected chi connectivity index (χ0v) is 14.0. The van der Waals surface area contributed by atoms with E-state index in [4.69, 9.17) is 4.74 Å². The summed E-state index contributed by atoms with van der Waals surface area (Å²) in [7, 11) is -1.70. The minimum atomic E-state index is -3.32. The van der Waals surface area contributed by atoms with E-state index in [1.165, 1.54) is 0 Å². The van der Waals surface area contributed by atoms with Crippen molar-refractivity contribution < 1.29 is 13.2 Å². The number of sulfonamides is 1. The van der Waals surface area contributed by atoms with Crippen LogP contribution in [0.3, 0.4) is 0 Å². The Morgan fingerprint density at radius 1 is 1.09 bits per heavy atom. The Bertz CT molecular complexity index is 742. The molecule has 0 radical (unpaired) electrons. The highest BCUT2D eigenvalue weighted by Gasteiger charge is 2.35. The van der Waals surface area contributed by atoms with Gasteiger partial charge in [-0.2, -0.15) is 4.31 Å². The van der Waals surface area contributed by atoms with Crippen LogP contribution in [0.15, 0.2) is 54.6 Å². The van der Waals surface area contributed by atoms with Crippen molar-refractivity contribution in [3.63, 3.8) is 0 Å². The summed E-state index contributed by atoms with van der Waals surface area (Å²) < 4.78 is 32.4. The fraction of sp³-hybridized carbons (Fsp3) is 0.333. The van der Waals surface area contributed by atoms with E-state index in [2.05, 4.69) is 0 Å². The van der Waals surface area contributed by atoms with Gasteiger partial charge in [0.05, 0.1) is 12.9 Å². The molecule has 122 valence electrons. The second-order valence-electron chi connectivity index (χ2n) is 5.78. The third kappa shape index (κ3) is 3.57. The maximum atomic E-state index is 12.8. The summed E-state index contributed by atoms with van der Waals surface area (Å²) in [5, 5.41) is 0. The molecule has 0 aromatic heterocycles. The maximum absolute atomic E-state index is 12.8. The average Bonchev–Trinajstić information content (AvgIpc) is 3.06. The van der Waals surface area contributed by atoms with E-state index >= 15 is 0 Å². The summed E-state index contributed by atoms with van der Waals surface area (Å²) in [5.74, 6) is 0.839. The van der Waals surface area contributed by atoms with E-state index < -0.39 is 10.0 Å². The number of hydrogen-bond donors (Lipinski definition) is 0. The molecule has 1 aliphatic heterocycles. The second kappa shape index (κ2) is 6.72. The summed E-state index contributed by atoms with van der Waals surface area (Å²) in [6.07, 6.45) is 1.76. The minimum absolute atomic E-state index is 0.0560. The number of rotatable bonds is 5. The first-order chi connectivity index (χ1) is 11.1. The van der Waals surface area contributed by atoms with Gasteiger partial charge in [0.15, 0.2) is 0 Å². The largest absolute Gasteiger partial charge is 0.497 e. The number of hydrogen-bond acceptors (Lipinski definition) is 3. The van der Waals surface area contributed by atoms with Gasteiger partial charge in [0, 0.05) is 12.6 Å². The van der Waals surface area contributed by atoms with Gasteiger partial charge in [0.1, 0.15) is 5.75 Å². The molecule has 1 fully saturated rings. The van der Waals surface area contributed by atoms with Crippen LogP contribution >= 0.6 is 0 Å². The predicted molar refractivity (Wildman–Crippen MR) is 90.7 cm³/mol. The third-order valence-electron chi connectivity index (χ3n) is 4.25. The molecule has 2 aromatic rings. The van der Waals surface area contributed by atoms with E-state index in [9.17, 15) is 8.42 Å². The lowest BCUT2D eigenvalue weighted by atomic mass is 10.1. The Labute approximate surface area is 137 Å². The lowest BCUT2D eigenvalue weighted by Gasteiger charge is -2.24. The fourth-order valence-electron chi connectivity index (χ4n) is 3.10. The molecule has 1 atom stereocenters. The second-order valence-corrected chi connectivity index (χ2v) is 7.71. The Balaban J connectivity index is 1.82. The first kappa shape index (κ1) is 16.0. The number of nitrogens with zero attached hydrogens (tertiary/aromatic N) is 1. The predicted octanol–water partition coefficient (Wildman–Crippen LogP) is 3.36. The lowest BCUT2D eigenvalue weighted by Crippen LogP contribution is -2.31. The Hall–Kier alpha value is -1.85. The Kier molecular flexibility index (Phi) is 4.68. The highest BCUT2D eigenvalue weighted by atomic mass is 32.2. The molecule has 23 heavy (non-hydrogen) atoms. The highest BCUT2D eigenvalue weighted by Crippen LogP contribution is 2.35. The standard InChI is InChI=1S/C18H21NO3S/c1-22-17-11-9-16(10-12-17)18-8-5-13-19(18)23(20,21)14-15-6-3-2-4-7-15/h2-4,6-7,9-12,18H,5,8,13-14H2,1H3/t18-/m0/s1. The molecule has 1 saturated heterocycles. The van der Waals surface area contributed by atoms with Gasteiger partial charge in [0.25, 0.3) is 0 Å². The van der Waals surface area contributed by atoms with Crippen molar-refractivity contribution in [3.8, 4) is 5.75 Å². The van der Waals surface area contributed by atoms with Crippen molar-refractivity contribution in [3.05, 3.63) is 65.7 Å². The van der Waals surface area contributed by atoms with Crippen LogP contribution in [0, 0.1) is 0 Å². The van der Waals surface area contributed by atoms with Gasteiger partial charge in [-0.25, -0.2) is 8.42 Å². The SMILES string of the molecule is COc1ccc([C@@H]2CCCN2S(=O)(=O)Cc2ccccc2)cc1. The Morgan fingerprint density at radius 2 is 1.78 bits per heavy atom. The van der Waals surface area contributed by atoms with Gasteiger partial charge in [0.2, 0.25) is 10.0 Å². The molecular weight excluding hydrogens is 310 g/mol. The average molecular weight is 331 g/mol. The van der Waals surface area contributed by atoms with E-state index in [1.807, 2.05) is 54.6 Å². The van der Waals surface area contributed by atoms with Crippen LogP contribution in [0.2, 0.25) is 0 Å². The zero-order chi connectivity index (χ0) is 16.3. The molecule has 1 aliphatic rings. The summed E-state index contributed by atoms with van der Waals surface area (Å²) in [5.41, 5.74) is 1.85. The summed E-state index contributed by atoms with van der Waals surface area (Å²) in [4.78, 5) is 0. The fourth-order valence-corrected chi connectivity index (χ4v) is 4.90. The van der Waals surface area contributed by atoms with E-state index in [0.29, 0.717) is 6.54 Å². The van der Waals surface area contributed by atoms with Gasteiger partial charge >= 0.3 is 0 Å². The number of ether oxygens (including phenoxy) is 1. The molecule has 5 heteroatoms. The molecule has 3 rings (SSSR count). The summed E-state index contributed by atoms with van der Waals surface area (Å²) in [6.45, 7) is 0.589. The van der Waals surface area contributed by atoms with Crippen LogP contribution < -0.4 is 4.74 Å². The lowest BCUT2D eigenvalue weighted by molar-refractivity contribution is 0.394. The molecule has 0 spiro atoms. The summed E-state index contributed by atoms with van der Waals surface area (Å²) in [6, 6.07) is 17.0. The van der Waals surface area contributed by atoms with Crippen LogP contribution in [0.5, 0.6) is 5.75 Å². The molecular formula is C18H21NO3S. The molecule has 0 bridgehead atoms. The van der Waals surface area contributed by atoms with Crippen LogP contribution in [0.4, 0.5) is 0 Å². The monoisotopic (exact) mass is 331 g/mol. The first-order valence-electron chi connectivity index (χ1n) is 7.77. The van der Waals surface area contributed by atoms with Crippen molar-refractivity contribution in [2.75, 3.05) is 13.7 Å². The van der Waals surface area contributed by atoms with Gasteiger partial charge < -0.3 is 4.74 Å². The zero-order valence-electron chi connectivity index (χ0n) is 13.2. The van der Waals surface area contributed by atoms with Crippen molar-refractivity contribution in [1.82, 2.24) is 4.31 Å². The molecule has 0 N–H and O–H groups in total. The van der Waals surface area contributed by atoms with Crippen molar-refractivity contribution in [2.45, 2.75) is 24.6 Å². The number of methoxy groups -OCH3 is 1. The van der Waals surface area contributed by atoms with Crippen molar-refractivity contribution in [1.29, 1.82) is 0 Å². The molecule has 2 aromatic carbocycles. The van der Waals surface area contributed by atoms with Gasteiger partial charge in [-0.1, -0.05) is 42.5 Å². The van der Waals surface area contributed by atoms with Crippen LogP contribution in [-0.4, -0.2) is 26.4 Å². The molecule has 4 nitrogen and oxygen atoms in total. The van der Waals surface area contributed by atoms with E-state index in [1.54, 1.807) is 11.4 Å². The third-order valence-corrected chi connectivity index (χ3v) is 6.10. The molecule has 1 heterocycles.